The fourth-order valence-corrected chi connectivity index (χ4v) is 3.80. The Hall–Kier alpha value is -2.29. The molecule has 7 nitrogen and oxygen atoms in total. The molecule has 1 atom stereocenters. The Morgan fingerprint density at radius 3 is 3.04 bits per heavy atom. The number of fused-ring (bicyclic) bond motifs is 1. The monoisotopic (exact) mass is 386 g/mol. The lowest BCUT2D eigenvalue weighted by atomic mass is 10.1. The normalized spacial score (nSPS) is 17.5. The highest BCUT2D eigenvalue weighted by Gasteiger charge is 2.21. The van der Waals surface area contributed by atoms with Gasteiger partial charge in [0.05, 0.1) is 27.7 Å². The summed E-state index contributed by atoms with van der Waals surface area (Å²) in [5.41, 5.74) is 4.48. The lowest BCUT2D eigenvalue weighted by Crippen LogP contribution is -2.33. The minimum atomic E-state index is -0.393. The van der Waals surface area contributed by atoms with Gasteiger partial charge in [0.25, 0.3) is 5.91 Å². The van der Waals surface area contributed by atoms with E-state index in [1.54, 1.807) is 23.6 Å². The largest absolute Gasteiger partial charge is 0.350 e. The Morgan fingerprint density at radius 2 is 2.33 bits per heavy atom. The molecule has 1 aliphatic rings. The molecule has 1 N–H and O–H groups in total. The molecule has 27 heavy (non-hydrogen) atoms. The second-order valence-electron chi connectivity index (χ2n) is 6.80. The van der Waals surface area contributed by atoms with Crippen LogP contribution in [0.25, 0.3) is 21.6 Å². The molecule has 1 aliphatic heterocycles. The number of carbonyl (C=O) groups excluding carboxylic acids is 1. The van der Waals surface area contributed by atoms with Crippen LogP contribution in [0, 0.1) is 0 Å². The second-order valence-corrected chi connectivity index (χ2v) is 7.75. The number of ether oxygens (including phenoxy) is 1. The van der Waals surface area contributed by atoms with Gasteiger partial charge in [-0.05, 0) is 44.2 Å². The van der Waals surface area contributed by atoms with Crippen molar-refractivity contribution >= 4 is 28.3 Å². The number of amides is 1. The SMILES string of the molecule is CC(C)n1ncc2c(C(=O)NOC3CCCCO3)cc(-c3cccs3)nc21. The molecule has 4 heterocycles. The molecule has 1 saturated heterocycles. The number of pyridine rings is 1. The first kappa shape index (κ1) is 18.1. The van der Waals surface area contributed by atoms with E-state index >= 15 is 0 Å². The predicted octanol–water partition coefficient (Wildman–Crippen LogP) is 3.93. The van der Waals surface area contributed by atoms with Crippen LogP contribution in [0.15, 0.2) is 29.8 Å². The second kappa shape index (κ2) is 7.75. The van der Waals surface area contributed by atoms with Crippen molar-refractivity contribution in [2.45, 2.75) is 45.4 Å². The minimum Gasteiger partial charge on any atom is -0.350 e. The summed E-state index contributed by atoms with van der Waals surface area (Å²) in [6.45, 7) is 4.73. The van der Waals surface area contributed by atoms with Crippen LogP contribution >= 0.6 is 11.3 Å². The van der Waals surface area contributed by atoms with Gasteiger partial charge in [-0.2, -0.15) is 5.10 Å². The standard InChI is InChI=1S/C19H22N4O3S/c1-12(2)23-18-14(11-20-23)13(10-15(21-18)16-6-5-9-27-16)19(24)22-26-17-7-3-4-8-25-17/h5-6,9-12,17H,3-4,7-8H2,1-2H3,(H,22,24). The molecule has 4 rings (SSSR count). The molecule has 1 unspecified atom stereocenters. The molecule has 3 aromatic rings. The van der Waals surface area contributed by atoms with Gasteiger partial charge in [0.15, 0.2) is 11.9 Å². The van der Waals surface area contributed by atoms with E-state index in [9.17, 15) is 4.79 Å². The molecule has 1 amide bonds. The van der Waals surface area contributed by atoms with E-state index in [0.29, 0.717) is 23.2 Å². The molecule has 0 aromatic carbocycles. The first-order chi connectivity index (χ1) is 13.1. The first-order valence-corrected chi connectivity index (χ1v) is 10.0. The van der Waals surface area contributed by atoms with Crippen molar-refractivity contribution in [1.29, 1.82) is 0 Å². The van der Waals surface area contributed by atoms with Gasteiger partial charge >= 0.3 is 0 Å². The van der Waals surface area contributed by atoms with Crippen LogP contribution in [0.4, 0.5) is 0 Å². The van der Waals surface area contributed by atoms with Crippen LogP contribution in [0.1, 0.15) is 49.5 Å². The third kappa shape index (κ3) is 3.73. The maximum absolute atomic E-state index is 12.8. The number of hydrogen-bond donors (Lipinski definition) is 1. The van der Waals surface area contributed by atoms with E-state index in [0.717, 1.165) is 29.8 Å². The highest BCUT2D eigenvalue weighted by molar-refractivity contribution is 7.13. The van der Waals surface area contributed by atoms with Crippen LogP contribution in [-0.4, -0.2) is 33.6 Å². The first-order valence-electron chi connectivity index (χ1n) is 9.13. The van der Waals surface area contributed by atoms with E-state index in [2.05, 4.69) is 10.6 Å². The molecule has 8 heteroatoms. The molecular formula is C19H22N4O3S. The van der Waals surface area contributed by atoms with Crippen molar-refractivity contribution in [3.05, 3.63) is 35.3 Å². The zero-order valence-electron chi connectivity index (χ0n) is 15.3. The van der Waals surface area contributed by atoms with Gasteiger partial charge in [0, 0.05) is 19.1 Å². The van der Waals surface area contributed by atoms with Crippen molar-refractivity contribution in [3.63, 3.8) is 0 Å². The van der Waals surface area contributed by atoms with Crippen LogP contribution in [0.3, 0.4) is 0 Å². The lowest BCUT2D eigenvalue weighted by Gasteiger charge is -2.22. The molecular weight excluding hydrogens is 364 g/mol. The van der Waals surface area contributed by atoms with Crippen LogP contribution in [-0.2, 0) is 9.57 Å². The van der Waals surface area contributed by atoms with Crippen LogP contribution in [0.2, 0.25) is 0 Å². The lowest BCUT2D eigenvalue weighted by molar-refractivity contribution is -0.186. The van der Waals surface area contributed by atoms with E-state index in [1.165, 1.54) is 0 Å². The number of aromatic nitrogens is 3. The average molecular weight is 386 g/mol. The van der Waals surface area contributed by atoms with Gasteiger partial charge in [0.1, 0.15) is 0 Å². The summed E-state index contributed by atoms with van der Waals surface area (Å²) in [7, 11) is 0. The summed E-state index contributed by atoms with van der Waals surface area (Å²) >= 11 is 1.58. The Bertz CT molecular complexity index is 930. The highest BCUT2D eigenvalue weighted by atomic mass is 32.1. The molecule has 0 aliphatic carbocycles. The topological polar surface area (TPSA) is 78.3 Å². The fraction of sp³-hybridized carbons (Fsp3) is 0.421. The van der Waals surface area contributed by atoms with Crippen molar-refractivity contribution in [1.82, 2.24) is 20.2 Å². The van der Waals surface area contributed by atoms with Gasteiger partial charge < -0.3 is 4.74 Å². The van der Waals surface area contributed by atoms with Gasteiger partial charge in [-0.3, -0.25) is 4.79 Å². The molecule has 0 radical (unpaired) electrons. The third-order valence-electron chi connectivity index (χ3n) is 4.50. The van der Waals surface area contributed by atoms with Gasteiger partial charge in [-0.15, -0.1) is 11.3 Å². The van der Waals surface area contributed by atoms with Crippen molar-refractivity contribution in [3.8, 4) is 10.6 Å². The Morgan fingerprint density at radius 1 is 1.44 bits per heavy atom. The predicted molar refractivity (Wildman–Crippen MR) is 103 cm³/mol. The summed E-state index contributed by atoms with van der Waals surface area (Å²) in [5.74, 6) is -0.322. The summed E-state index contributed by atoms with van der Waals surface area (Å²) in [6, 6.07) is 5.88. The zero-order chi connectivity index (χ0) is 18.8. The summed E-state index contributed by atoms with van der Waals surface area (Å²) < 4.78 is 7.33. The molecule has 142 valence electrons. The molecule has 3 aromatic heterocycles. The van der Waals surface area contributed by atoms with E-state index in [1.807, 2.05) is 36.0 Å². The quantitative estimate of drug-likeness (QED) is 0.672. The van der Waals surface area contributed by atoms with E-state index < -0.39 is 6.29 Å². The smallest absolute Gasteiger partial charge is 0.275 e. The minimum absolute atomic E-state index is 0.136. The van der Waals surface area contributed by atoms with Crippen molar-refractivity contribution in [2.75, 3.05) is 6.61 Å². The summed E-state index contributed by atoms with van der Waals surface area (Å²) in [5, 5.41) is 7.12. The molecule has 1 fully saturated rings. The summed E-state index contributed by atoms with van der Waals surface area (Å²) in [4.78, 5) is 24.1. The fourth-order valence-electron chi connectivity index (χ4n) is 3.11. The number of thiophene rings is 1. The van der Waals surface area contributed by atoms with Crippen molar-refractivity contribution in [2.24, 2.45) is 0 Å². The maximum atomic E-state index is 12.8. The zero-order valence-corrected chi connectivity index (χ0v) is 16.2. The molecule has 0 saturated carbocycles. The van der Waals surface area contributed by atoms with Gasteiger partial charge in [0.2, 0.25) is 0 Å². The number of hydrogen-bond acceptors (Lipinski definition) is 6. The number of nitrogens with zero attached hydrogens (tertiary/aromatic N) is 3. The Balaban J connectivity index is 1.68. The maximum Gasteiger partial charge on any atom is 0.275 e. The van der Waals surface area contributed by atoms with Crippen LogP contribution in [0.5, 0.6) is 0 Å². The van der Waals surface area contributed by atoms with Crippen molar-refractivity contribution < 1.29 is 14.4 Å². The van der Waals surface area contributed by atoms with Gasteiger partial charge in [-0.25, -0.2) is 20.0 Å². The molecule has 0 spiro atoms. The number of nitrogens with one attached hydrogen (secondary N) is 1. The van der Waals surface area contributed by atoms with Crippen LogP contribution < -0.4 is 5.48 Å². The third-order valence-corrected chi connectivity index (χ3v) is 5.39. The number of rotatable bonds is 5. The van der Waals surface area contributed by atoms with E-state index in [-0.39, 0.29) is 11.9 Å². The number of hydroxylamine groups is 1. The van der Waals surface area contributed by atoms with Gasteiger partial charge in [-0.1, -0.05) is 6.07 Å². The Labute approximate surface area is 161 Å². The highest BCUT2D eigenvalue weighted by Crippen LogP contribution is 2.29. The van der Waals surface area contributed by atoms with E-state index in [4.69, 9.17) is 14.6 Å². The summed E-state index contributed by atoms with van der Waals surface area (Å²) in [6.07, 6.45) is 4.13. The Kier molecular flexibility index (Phi) is 5.20. The average Bonchev–Trinajstić information content (AvgIpc) is 3.35. The molecule has 0 bridgehead atoms. The number of carbonyl (C=O) groups is 1.